The van der Waals surface area contributed by atoms with E-state index in [1.165, 1.54) is 12.8 Å². The van der Waals surface area contributed by atoms with Gasteiger partial charge in [0.2, 0.25) is 0 Å². The second-order valence-electron chi connectivity index (χ2n) is 5.00. The zero-order valence-corrected chi connectivity index (χ0v) is 10.1. The lowest BCUT2D eigenvalue weighted by Crippen LogP contribution is -2.46. The first-order valence-electron chi connectivity index (χ1n) is 6.58. The van der Waals surface area contributed by atoms with E-state index >= 15 is 0 Å². The summed E-state index contributed by atoms with van der Waals surface area (Å²) in [6.07, 6.45) is 6.89. The predicted octanol–water partition coefficient (Wildman–Crippen LogP) is 1.37. The average Bonchev–Trinajstić information content (AvgIpc) is 3.05. The Morgan fingerprint density at radius 2 is 1.38 bits per heavy atom. The van der Waals surface area contributed by atoms with Crippen LogP contribution in [0.1, 0.15) is 45.4 Å². The molecule has 0 bridgehead atoms. The van der Waals surface area contributed by atoms with E-state index in [1.54, 1.807) is 0 Å². The molecular weight excluding hydrogens is 202 g/mol. The van der Waals surface area contributed by atoms with Gasteiger partial charge in [-0.1, -0.05) is 6.92 Å². The highest BCUT2D eigenvalue weighted by Gasteiger charge is 2.26. The van der Waals surface area contributed by atoms with E-state index in [2.05, 4.69) is 22.9 Å². The summed E-state index contributed by atoms with van der Waals surface area (Å²) < 4.78 is 0. The minimum atomic E-state index is 0.0365. The lowest BCUT2D eigenvalue weighted by Gasteiger charge is -2.29. The normalized spacial score (nSPS) is 29.8. The number of amides is 2. The van der Waals surface area contributed by atoms with Gasteiger partial charge in [0, 0.05) is 18.1 Å². The van der Waals surface area contributed by atoms with Gasteiger partial charge in [-0.15, -0.1) is 0 Å². The topological polar surface area (TPSA) is 53.2 Å². The Labute approximate surface area is 97.6 Å². The highest BCUT2D eigenvalue weighted by Crippen LogP contribution is 2.20. The number of hydrogen-bond acceptors (Lipinski definition) is 2. The summed E-state index contributed by atoms with van der Waals surface area (Å²) >= 11 is 0. The van der Waals surface area contributed by atoms with Crippen LogP contribution < -0.4 is 16.0 Å². The lowest BCUT2D eigenvalue weighted by atomic mass is 9.91. The van der Waals surface area contributed by atoms with Crippen LogP contribution in [-0.2, 0) is 0 Å². The molecule has 2 aliphatic rings. The molecule has 0 unspecified atom stereocenters. The maximum atomic E-state index is 11.5. The highest BCUT2D eigenvalue weighted by atomic mass is 16.2. The molecule has 0 radical (unpaired) electrons. The van der Waals surface area contributed by atoms with Crippen molar-refractivity contribution >= 4 is 6.03 Å². The van der Waals surface area contributed by atoms with Gasteiger partial charge in [0.05, 0.1) is 0 Å². The SMILES string of the molecule is CCNC1CCC(NC(=O)NC2CC2)CC1. The molecular formula is C12H23N3O. The second kappa shape index (κ2) is 5.53. The van der Waals surface area contributed by atoms with Crippen LogP contribution in [0, 0.1) is 0 Å². The molecule has 2 amide bonds. The number of hydrogen-bond donors (Lipinski definition) is 3. The maximum absolute atomic E-state index is 11.5. The molecule has 0 aliphatic heterocycles. The van der Waals surface area contributed by atoms with Gasteiger partial charge in [0.1, 0.15) is 0 Å². The fourth-order valence-corrected chi connectivity index (χ4v) is 2.37. The van der Waals surface area contributed by atoms with Crippen molar-refractivity contribution in [1.29, 1.82) is 0 Å². The monoisotopic (exact) mass is 225 g/mol. The predicted molar refractivity (Wildman–Crippen MR) is 64.4 cm³/mol. The highest BCUT2D eigenvalue weighted by molar-refractivity contribution is 5.74. The Morgan fingerprint density at radius 3 is 1.81 bits per heavy atom. The molecule has 0 saturated heterocycles. The van der Waals surface area contributed by atoms with Gasteiger partial charge in [-0.2, -0.15) is 0 Å². The molecule has 2 aliphatic carbocycles. The minimum Gasteiger partial charge on any atom is -0.335 e. The quantitative estimate of drug-likeness (QED) is 0.677. The van der Waals surface area contributed by atoms with Gasteiger partial charge in [-0.05, 0) is 45.1 Å². The summed E-state index contributed by atoms with van der Waals surface area (Å²) in [7, 11) is 0. The molecule has 0 atom stereocenters. The third-order valence-electron chi connectivity index (χ3n) is 3.47. The van der Waals surface area contributed by atoms with Crippen LogP contribution in [0.25, 0.3) is 0 Å². The number of nitrogens with one attached hydrogen (secondary N) is 3. The van der Waals surface area contributed by atoms with Crippen LogP contribution in [-0.4, -0.2) is 30.7 Å². The number of rotatable bonds is 4. The summed E-state index contributed by atoms with van der Waals surface area (Å²) in [6, 6.07) is 1.54. The standard InChI is InChI=1S/C12H23N3O/c1-2-13-9-3-5-10(6-4-9)14-12(16)15-11-7-8-11/h9-11,13H,2-8H2,1H3,(H2,14,15,16). The van der Waals surface area contributed by atoms with Crippen LogP contribution in [0.3, 0.4) is 0 Å². The third kappa shape index (κ3) is 3.67. The summed E-state index contributed by atoms with van der Waals surface area (Å²) in [6.45, 7) is 3.19. The number of carbonyl (C=O) groups excluding carboxylic acids is 1. The molecule has 2 saturated carbocycles. The van der Waals surface area contributed by atoms with Crippen molar-refractivity contribution in [2.24, 2.45) is 0 Å². The zero-order valence-electron chi connectivity index (χ0n) is 10.1. The molecule has 3 N–H and O–H groups in total. The van der Waals surface area contributed by atoms with Crippen molar-refractivity contribution in [3.8, 4) is 0 Å². The molecule has 92 valence electrons. The van der Waals surface area contributed by atoms with Gasteiger partial charge in [0.25, 0.3) is 0 Å². The van der Waals surface area contributed by atoms with Crippen molar-refractivity contribution in [1.82, 2.24) is 16.0 Å². The molecule has 0 aromatic carbocycles. The Kier molecular flexibility index (Phi) is 4.04. The van der Waals surface area contributed by atoms with E-state index in [1.807, 2.05) is 0 Å². The number of urea groups is 1. The van der Waals surface area contributed by atoms with Gasteiger partial charge >= 0.3 is 6.03 Å². The molecule has 4 heteroatoms. The minimum absolute atomic E-state index is 0.0365. The molecule has 2 fully saturated rings. The zero-order chi connectivity index (χ0) is 11.4. The molecule has 0 heterocycles. The third-order valence-corrected chi connectivity index (χ3v) is 3.47. The summed E-state index contributed by atoms with van der Waals surface area (Å²) in [5.41, 5.74) is 0. The molecule has 4 nitrogen and oxygen atoms in total. The molecule has 2 rings (SSSR count). The summed E-state index contributed by atoms with van der Waals surface area (Å²) in [5.74, 6) is 0. The molecule has 0 aromatic heterocycles. The Balaban J connectivity index is 1.62. The van der Waals surface area contributed by atoms with Gasteiger partial charge < -0.3 is 16.0 Å². The van der Waals surface area contributed by atoms with Crippen molar-refractivity contribution in [2.45, 2.75) is 63.6 Å². The first kappa shape index (κ1) is 11.7. The fraction of sp³-hybridized carbons (Fsp3) is 0.917. The van der Waals surface area contributed by atoms with Crippen molar-refractivity contribution < 1.29 is 4.79 Å². The number of carbonyl (C=O) groups is 1. The van der Waals surface area contributed by atoms with Crippen LogP contribution in [0.5, 0.6) is 0 Å². The Hall–Kier alpha value is -0.770. The molecule has 0 spiro atoms. The van der Waals surface area contributed by atoms with E-state index < -0.39 is 0 Å². The van der Waals surface area contributed by atoms with Crippen LogP contribution in [0.2, 0.25) is 0 Å². The van der Waals surface area contributed by atoms with Crippen LogP contribution >= 0.6 is 0 Å². The lowest BCUT2D eigenvalue weighted by molar-refractivity contribution is 0.229. The van der Waals surface area contributed by atoms with Gasteiger partial charge in [-0.3, -0.25) is 0 Å². The van der Waals surface area contributed by atoms with E-state index in [4.69, 9.17) is 0 Å². The first-order valence-corrected chi connectivity index (χ1v) is 6.58. The summed E-state index contributed by atoms with van der Waals surface area (Å²) in [5, 5.41) is 9.52. The van der Waals surface area contributed by atoms with Gasteiger partial charge in [0.15, 0.2) is 0 Å². The largest absolute Gasteiger partial charge is 0.335 e. The second-order valence-corrected chi connectivity index (χ2v) is 5.00. The van der Waals surface area contributed by atoms with Crippen LogP contribution in [0.4, 0.5) is 4.79 Å². The molecule has 16 heavy (non-hydrogen) atoms. The maximum Gasteiger partial charge on any atom is 0.315 e. The van der Waals surface area contributed by atoms with Crippen LogP contribution in [0.15, 0.2) is 0 Å². The smallest absolute Gasteiger partial charge is 0.315 e. The van der Waals surface area contributed by atoms with Crippen molar-refractivity contribution in [3.63, 3.8) is 0 Å². The fourth-order valence-electron chi connectivity index (χ4n) is 2.37. The van der Waals surface area contributed by atoms with E-state index in [0.717, 1.165) is 32.2 Å². The summed E-state index contributed by atoms with van der Waals surface area (Å²) in [4.78, 5) is 11.5. The Bertz CT molecular complexity index is 232. The van der Waals surface area contributed by atoms with Gasteiger partial charge in [-0.25, -0.2) is 4.79 Å². The van der Waals surface area contributed by atoms with E-state index in [9.17, 15) is 4.79 Å². The van der Waals surface area contributed by atoms with E-state index in [-0.39, 0.29) is 6.03 Å². The van der Waals surface area contributed by atoms with Crippen molar-refractivity contribution in [3.05, 3.63) is 0 Å². The molecule has 0 aromatic rings. The first-order chi connectivity index (χ1) is 7.78. The average molecular weight is 225 g/mol. The van der Waals surface area contributed by atoms with Crippen molar-refractivity contribution in [2.75, 3.05) is 6.54 Å². The Morgan fingerprint density at radius 1 is 0.938 bits per heavy atom. The van der Waals surface area contributed by atoms with E-state index in [0.29, 0.717) is 18.1 Å².